The lowest BCUT2D eigenvalue weighted by molar-refractivity contribution is 0.282. The number of rotatable bonds is 5. The standard InChI is InChI=1S/C12H14N2O3S2/c1-9-7-18-12(13-9)14-19(16,17)8-11-4-2-10(6-15)3-5-11/h2-5,7,15H,6,8H2,1H3,(H,13,14). The minimum Gasteiger partial charge on any atom is -0.392 e. The zero-order chi connectivity index (χ0) is 13.9. The van der Waals surface area contributed by atoms with Crippen molar-refractivity contribution in [3.05, 3.63) is 46.5 Å². The molecule has 2 N–H and O–H groups in total. The molecule has 2 rings (SSSR count). The van der Waals surface area contributed by atoms with Gasteiger partial charge in [0.1, 0.15) is 0 Å². The Morgan fingerprint density at radius 3 is 2.42 bits per heavy atom. The smallest absolute Gasteiger partial charge is 0.238 e. The number of nitrogens with one attached hydrogen (secondary N) is 1. The lowest BCUT2D eigenvalue weighted by Crippen LogP contribution is -2.15. The van der Waals surface area contributed by atoms with Crippen LogP contribution in [-0.4, -0.2) is 18.5 Å². The van der Waals surface area contributed by atoms with E-state index in [0.29, 0.717) is 10.7 Å². The molecular formula is C12H14N2O3S2. The van der Waals surface area contributed by atoms with E-state index in [1.54, 1.807) is 29.6 Å². The number of hydrogen-bond donors (Lipinski definition) is 2. The van der Waals surface area contributed by atoms with Crippen LogP contribution in [0.25, 0.3) is 0 Å². The molecule has 0 spiro atoms. The highest BCUT2D eigenvalue weighted by molar-refractivity contribution is 7.92. The number of nitrogens with zero attached hydrogens (tertiary/aromatic N) is 1. The first-order chi connectivity index (χ1) is 8.98. The number of anilines is 1. The molecule has 5 nitrogen and oxygen atoms in total. The van der Waals surface area contributed by atoms with Gasteiger partial charge in [0.15, 0.2) is 5.13 Å². The van der Waals surface area contributed by atoms with Crippen molar-refractivity contribution in [2.24, 2.45) is 0 Å². The first-order valence-corrected chi connectivity index (χ1v) is 8.13. The Kier molecular flexibility index (Phi) is 4.18. The predicted octanol–water partition coefficient (Wildman–Crippen LogP) is 1.89. The molecule has 102 valence electrons. The van der Waals surface area contributed by atoms with Gasteiger partial charge >= 0.3 is 0 Å². The highest BCUT2D eigenvalue weighted by atomic mass is 32.2. The zero-order valence-corrected chi connectivity index (χ0v) is 12.0. The van der Waals surface area contributed by atoms with Gasteiger partial charge in [-0.05, 0) is 18.1 Å². The quantitative estimate of drug-likeness (QED) is 0.883. The summed E-state index contributed by atoms with van der Waals surface area (Å²) in [6.45, 7) is 1.76. The molecule has 19 heavy (non-hydrogen) atoms. The molecule has 1 heterocycles. The number of aliphatic hydroxyl groups excluding tert-OH is 1. The minimum atomic E-state index is -3.46. The maximum Gasteiger partial charge on any atom is 0.238 e. The van der Waals surface area contributed by atoms with Crippen molar-refractivity contribution in [1.82, 2.24) is 4.98 Å². The van der Waals surface area contributed by atoms with Gasteiger partial charge in [0.25, 0.3) is 0 Å². The van der Waals surface area contributed by atoms with E-state index < -0.39 is 10.0 Å². The van der Waals surface area contributed by atoms with E-state index in [4.69, 9.17) is 5.11 Å². The lowest BCUT2D eigenvalue weighted by atomic mass is 10.2. The van der Waals surface area contributed by atoms with Crippen LogP contribution >= 0.6 is 11.3 Å². The van der Waals surface area contributed by atoms with Crippen molar-refractivity contribution in [1.29, 1.82) is 0 Å². The molecule has 0 saturated heterocycles. The van der Waals surface area contributed by atoms with Crippen LogP contribution in [-0.2, 0) is 22.4 Å². The molecule has 0 unspecified atom stereocenters. The second-order valence-corrected chi connectivity index (χ2v) is 6.71. The summed E-state index contributed by atoms with van der Waals surface area (Å²) in [4.78, 5) is 4.06. The molecule has 1 aromatic heterocycles. The van der Waals surface area contributed by atoms with E-state index in [1.807, 2.05) is 6.92 Å². The minimum absolute atomic E-state index is 0.0519. The fraction of sp³-hybridized carbons (Fsp3) is 0.250. The van der Waals surface area contributed by atoms with Crippen molar-refractivity contribution in [3.63, 3.8) is 0 Å². The second kappa shape index (κ2) is 5.68. The van der Waals surface area contributed by atoms with E-state index >= 15 is 0 Å². The van der Waals surface area contributed by atoms with Gasteiger partial charge in [-0.15, -0.1) is 11.3 Å². The number of benzene rings is 1. The number of thiazole rings is 1. The largest absolute Gasteiger partial charge is 0.392 e. The Bertz CT molecular complexity index is 648. The second-order valence-electron chi connectivity index (χ2n) is 4.13. The van der Waals surface area contributed by atoms with Gasteiger partial charge < -0.3 is 5.11 Å². The Labute approximate surface area is 116 Å². The van der Waals surface area contributed by atoms with Crippen LogP contribution in [0, 0.1) is 6.92 Å². The van der Waals surface area contributed by atoms with Gasteiger partial charge in [0.05, 0.1) is 18.1 Å². The Hall–Kier alpha value is -1.44. The van der Waals surface area contributed by atoms with Crippen LogP contribution in [0.2, 0.25) is 0 Å². The van der Waals surface area contributed by atoms with Gasteiger partial charge in [0.2, 0.25) is 10.0 Å². The average Bonchev–Trinajstić information content (AvgIpc) is 2.74. The van der Waals surface area contributed by atoms with Crippen LogP contribution in [0.1, 0.15) is 16.8 Å². The number of aliphatic hydroxyl groups is 1. The molecule has 0 radical (unpaired) electrons. The molecule has 0 aliphatic rings. The molecule has 0 aliphatic heterocycles. The first-order valence-electron chi connectivity index (χ1n) is 5.60. The fourth-order valence-corrected chi connectivity index (χ4v) is 3.65. The number of hydrogen-bond acceptors (Lipinski definition) is 5. The van der Waals surface area contributed by atoms with Crippen molar-refractivity contribution < 1.29 is 13.5 Å². The molecule has 0 bridgehead atoms. The summed E-state index contributed by atoms with van der Waals surface area (Å²) in [5.41, 5.74) is 2.21. The van der Waals surface area contributed by atoms with Crippen molar-refractivity contribution in [3.8, 4) is 0 Å². The third-order valence-electron chi connectivity index (χ3n) is 2.42. The SMILES string of the molecule is Cc1csc(NS(=O)(=O)Cc2ccc(CO)cc2)n1. The normalized spacial score (nSPS) is 11.5. The molecule has 0 fully saturated rings. The Balaban J connectivity index is 2.07. The fourth-order valence-electron chi connectivity index (χ4n) is 1.53. The number of aryl methyl sites for hydroxylation is 1. The Morgan fingerprint density at radius 1 is 1.26 bits per heavy atom. The van der Waals surface area contributed by atoms with Crippen LogP contribution in [0.15, 0.2) is 29.6 Å². The maximum absolute atomic E-state index is 11.9. The van der Waals surface area contributed by atoms with E-state index in [1.165, 1.54) is 11.3 Å². The molecule has 0 amide bonds. The van der Waals surface area contributed by atoms with Gasteiger partial charge in [-0.3, -0.25) is 4.72 Å². The highest BCUT2D eigenvalue weighted by Gasteiger charge is 2.13. The van der Waals surface area contributed by atoms with Crippen molar-refractivity contribution >= 4 is 26.5 Å². The van der Waals surface area contributed by atoms with Crippen LogP contribution < -0.4 is 4.72 Å². The van der Waals surface area contributed by atoms with E-state index in [0.717, 1.165) is 11.3 Å². The first kappa shape index (κ1) is 14.0. The van der Waals surface area contributed by atoms with Gasteiger partial charge in [0, 0.05) is 5.38 Å². The molecule has 7 heteroatoms. The summed E-state index contributed by atoms with van der Waals surface area (Å²) in [6.07, 6.45) is 0. The molecule has 0 atom stereocenters. The van der Waals surface area contributed by atoms with Gasteiger partial charge in [-0.2, -0.15) is 0 Å². The Morgan fingerprint density at radius 2 is 1.89 bits per heavy atom. The molecule has 0 saturated carbocycles. The van der Waals surface area contributed by atoms with Crippen LogP contribution in [0.5, 0.6) is 0 Å². The third-order valence-corrected chi connectivity index (χ3v) is 4.65. The molecule has 1 aromatic carbocycles. The van der Waals surface area contributed by atoms with Crippen LogP contribution in [0.4, 0.5) is 5.13 Å². The summed E-state index contributed by atoms with van der Waals surface area (Å²) in [7, 11) is -3.46. The average molecular weight is 298 g/mol. The van der Waals surface area contributed by atoms with Crippen molar-refractivity contribution in [2.75, 3.05) is 4.72 Å². The third kappa shape index (κ3) is 4.02. The number of aromatic nitrogens is 1. The van der Waals surface area contributed by atoms with Crippen molar-refractivity contribution in [2.45, 2.75) is 19.3 Å². The highest BCUT2D eigenvalue weighted by Crippen LogP contribution is 2.17. The van der Waals surface area contributed by atoms with Gasteiger partial charge in [-0.25, -0.2) is 13.4 Å². The van der Waals surface area contributed by atoms with E-state index in [9.17, 15) is 8.42 Å². The van der Waals surface area contributed by atoms with E-state index in [-0.39, 0.29) is 12.4 Å². The summed E-state index contributed by atoms with van der Waals surface area (Å²) in [5.74, 6) is -0.114. The van der Waals surface area contributed by atoms with Gasteiger partial charge in [-0.1, -0.05) is 24.3 Å². The summed E-state index contributed by atoms with van der Waals surface area (Å²) in [5, 5.41) is 11.1. The monoisotopic (exact) mass is 298 g/mol. The van der Waals surface area contributed by atoms with E-state index in [2.05, 4.69) is 9.71 Å². The molecule has 0 aliphatic carbocycles. The predicted molar refractivity (Wildman–Crippen MR) is 75.5 cm³/mol. The van der Waals surface area contributed by atoms with Crippen LogP contribution in [0.3, 0.4) is 0 Å². The molecule has 2 aromatic rings. The topological polar surface area (TPSA) is 79.3 Å². The lowest BCUT2D eigenvalue weighted by Gasteiger charge is -2.05. The summed E-state index contributed by atoms with van der Waals surface area (Å²) >= 11 is 1.26. The number of sulfonamides is 1. The summed E-state index contributed by atoms with van der Waals surface area (Å²) in [6, 6.07) is 6.80. The maximum atomic E-state index is 11.9. The summed E-state index contributed by atoms with van der Waals surface area (Å²) < 4.78 is 26.3. The molecular weight excluding hydrogens is 284 g/mol. The zero-order valence-electron chi connectivity index (χ0n) is 10.3.